The van der Waals surface area contributed by atoms with Gasteiger partial charge in [0, 0.05) is 25.5 Å². The van der Waals surface area contributed by atoms with Crippen LogP contribution < -0.4 is 0 Å². The first-order chi connectivity index (χ1) is 11.3. The van der Waals surface area contributed by atoms with Crippen LogP contribution in [-0.2, 0) is 19.6 Å². The average Bonchev–Trinajstić information content (AvgIpc) is 3.22. The fourth-order valence-corrected chi connectivity index (χ4v) is 2.63. The second kappa shape index (κ2) is 7.76. The molecule has 0 spiro atoms. The first kappa shape index (κ1) is 15.5. The van der Waals surface area contributed by atoms with Crippen molar-refractivity contribution in [1.29, 1.82) is 0 Å². The van der Waals surface area contributed by atoms with E-state index in [1.165, 1.54) is 5.56 Å². The smallest absolute Gasteiger partial charge is 0.117 e. The number of aliphatic hydroxyl groups is 1. The molecule has 5 nitrogen and oxygen atoms in total. The molecule has 0 amide bonds. The lowest BCUT2D eigenvalue weighted by Crippen LogP contribution is -2.34. The van der Waals surface area contributed by atoms with Crippen molar-refractivity contribution in [2.24, 2.45) is 0 Å². The lowest BCUT2D eigenvalue weighted by Gasteiger charge is -2.24. The number of hydrogen-bond acceptors (Lipinski definition) is 4. The number of aliphatic hydroxyl groups excluding tert-OH is 1. The summed E-state index contributed by atoms with van der Waals surface area (Å²) in [6.07, 6.45) is 4.76. The highest BCUT2D eigenvalue weighted by Crippen LogP contribution is 2.11. The molecular formula is C18H21N3O2. The van der Waals surface area contributed by atoms with E-state index in [1.807, 2.05) is 42.6 Å². The highest BCUT2D eigenvalue weighted by atomic mass is 16.3. The second-order valence-corrected chi connectivity index (χ2v) is 5.62. The summed E-state index contributed by atoms with van der Waals surface area (Å²) in [5.41, 5.74) is 1.21. The minimum Gasteiger partial charge on any atom is -0.468 e. The molecule has 0 radical (unpaired) electrons. The maximum absolute atomic E-state index is 10.4. The first-order valence-electron chi connectivity index (χ1n) is 7.74. The summed E-state index contributed by atoms with van der Waals surface area (Å²) in [5, 5.41) is 14.5. The molecule has 3 rings (SSSR count). The van der Waals surface area contributed by atoms with Gasteiger partial charge in [-0.2, -0.15) is 5.10 Å². The van der Waals surface area contributed by atoms with Crippen LogP contribution in [0.15, 0.2) is 71.6 Å². The zero-order chi connectivity index (χ0) is 15.9. The van der Waals surface area contributed by atoms with Gasteiger partial charge in [0.25, 0.3) is 0 Å². The van der Waals surface area contributed by atoms with Crippen LogP contribution in [0.5, 0.6) is 0 Å². The molecular weight excluding hydrogens is 290 g/mol. The average molecular weight is 311 g/mol. The molecule has 3 aromatic rings. The molecule has 0 aliphatic heterocycles. The molecule has 0 saturated heterocycles. The molecule has 2 heterocycles. The topological polar surface area (TPSA) is 54.4 Å². The van der Waals surface area contributed by atoms with E-state index in [9.17, 15) is 5.11 Å². The van der Waals surface area contributed by atoms with Gasteiger partial charge in [-0.3, -0.25) is 9.58 Å². The zero-order valence-electron chi connectivity index (χ0n) is 13.0. The van der Waals surface area contributed by atoms with Crippen LogP contribution in [0.1, 0.15) is 11.3 Å². The van der Waals surface area contributed by atoms with Crippen LogP contribution in [0.25, 0.3) is 0 Å². The van der Waals surface area contributed by atoms with Crippen molar-refractivity contribution in [3.63, 3.8) is 0 Å². The first-order valence-corrected chi connectivity index (χ1v) is 7.74. The maximum atomic E-state index is 10.4. The van der Waals surface area contributed by atoms with Crippen molar-refractivity contribution >= 4 is 0 Å². The van der Waals surface area contributed by atoms with Crippen molar-refractivity contribution in [1.82, 2.24) is 14.7 Å². The SMILES string of the molecule is OC(CN(Cc1ccccc1)Cc1ccco1)Cn1cccn1. The molecule has 23 heavy (non-hydrogen) atoms. The number of furan rings is 1. The molecule has 120 valence electrons. The normalized spacial score (nSPS) is 12.6. The molecule has 0 saturated carbocycles. The third kappa shape index (κ3) is 4.81. The summed E-state index contributed by atoms with van der Waals surface area (Å²) in [7, 11) is 0. The fraction of sp³-hybridized carbons (Fsp3) is 0.278. The maximum Gasteiger partial charge on any atom is 0.117 e. The van der Waals surface area contributed by atoms with Crippen LogP contribution in [0.3, 0.4) is 0 Å². The Hall–Kier alpha value is -2.37. The fourth-order valence-electron chi connectivity index (χ4n) is 2.63. The van der Waals surface area contributed by atoms with Crippen LogP contribution >= 0.6 is 0 Å². The number of benzene rings is 1. The second-order valence-electron chi connectivity index (χ2n) is 5.62. The molecule has 0 bridgehead atoms. The highest BCUT2D eigenvalue weighted by molar-refractivity contribution is 5.14. The standard InChI is InChI=1S/C18H21N3O2/c22-17(14-21-10-5-9-19-21)13-20(15-18-8-4-11-23-18)12-16-6-2-1-3-7-16/h1-11,17,22H,12-15H2. The molecule has 1 unspecified atom stereocenters. The van der Waals surface area contributed by atoms with Gasteiger partial charge in [-0.25, -0.2) is 0 Å². The lowest BCUT2D eigenvalue weighted by molar-refractivity contribution is 0.0844. The minimum atomic E-state index is -0.492. The highest BCUT2D eigenvalue weighted by Gasteiger charge is 2.15. The summed E-state index contributed by atoms with van der Waals surface area (Å²) in [4.78, 5) is 2.18. The zero-order valence-corrected chi connectivity index (χ0v) is 13.0. The van der Waals surface area contributed by atoms with E-state index in [-0.39, 0.29) is 0 Å². The summed E-state index contributed by atoms with van der Waals surface area (Å²) >= 11 is 0. The summed E-state index contributed by atoms with van der Waals surface area (Å²) in [6, 6.07) is 15.9. The number of hydrogen-bond donors (Lipinski definition) is 1. The van der Waals surface area contributed by atoms with Crippen molar-refractivity contribution in [2.45, 2.75) is 25.7 Å². The van der Waals surface area contributed by atoms with Gasteiger partial charge < -0.3 is 9.52 Å². The van der Waals surface area contributed by atoms with Crippen molar-refractivity contribution in [3.05, 3.63) is 78.5 Å². The molecule has 1 atom stereocenters. The summed E-state index contributed by atoms with van der Waals surface area (Å²) in [6.45, 7) is 2.46. The Kier molecular flexibility index (Phi) is 5.24. The lowest BCUT2D eigenvalue weighted by atomic mass is 10.2. The Morgan fingerprint density at radius 1 is 1.09 bits per heavy atom. The van der Waals surface area contributed by atoms with E-state index in [0.717, 1.165) is 12.3 Å². The summed E-state index contributed by atoms with van der Waals surface area (Å²) in [5.74, 6) is 0.896. The quantitative estimate of drug-likeness (QED) is 0.694. The molecule has 1 aromatic carbocycles. The van der Waals surface area contributed by atoms with Crippen LogP contribution in [0.4, 0.5) is 0 Å². The van der Waals surface area contributed by atoms with Gasteiger partial charge in [-0.05, 0) is 23.8 Å². The van der Waals surface area contributed by atoms with Crippen molar-refractivity contribution in [3.8, 4) is 0 Å². The predicted molar refractivity (Wildman–Crippen MR) is 87.5 cm³/mol. The van der Waals surface area contributed by atoms with Gasteiger partial charge in [0.15, 0.2) is 0 Å². The van der Waals surface area contributed by atoms with Gasteiger partial charge in [-0.15, -0.1) is 0 Å². The van der Waals surface area contributed by atoms with Gasteiger partial charge in [0.05, 0.1) is 25.5 Å². The van der Waals surface area contributed by atoms with Gasteiger partial charge in [0.1, 0.15) is 5.76 Å². The van der Waals surface area contributed by atoms with Crippen LogP contribution in [0.2, 0.25) is 0 Å². The van der Waals surface area contributed by atoms with Gasteiger partial charge in [-0.1, -0.05) is 30.3 Å². The third-order valence-corrected chi connectivity index (χ3v) is 3.63. The Balaban J connectivity index is 1.64. The van der Waals surface area contributed by atoms with Crippen molar-refractivity contribution < 1.29 is 9.52 Å². The van der Waals surface area contributed by atoms with E-state index in [2.05, 4.69) is 22.1 Å². The molecule has 0 fully saturated rings. The Bertz CT molecular complexity index is 666. The van der Waals surface area contributed by atoms with E-state index in [4.69, 9.17) is 4.42 Å². The van der Waals surface area contributed by atoms with Crippen LogP contribution in [-0.4, -0.2) is 32.4 Å². The molecule has 2 aromatic heterocycles. The molecule has 1 N–H and O–H groups in total. The number of aromatic nitrogens is 2. The largest absolute Gasteiger partial charge is 0.468 e. The molecule has 5 heteroatoms. The van der Waals surface area contributed by atoms with E-state index in [0.29, 0.717) is 19.6 Å². The van der Waals surface area contributed by atoms with Crippen molar-refractivity contribution in [2.75, 3.05) is 6.54 Å². The van der Waals surface area contributed by atoms with E-state index < -0.39 is 6.10 Å². The van der Waals surface area contributed by atoms with E-state index >= 15 is 0 Å². The number of rotatable bonds is 8. The Morgan fingerprint density at radius 3 is 2.65 bits per heavy atom. The monoisotopic (exact) mass is 311 g/mol. The van der Waals surface area contributed by atoms with Crippen LogP contribution in [0, 0.1) is 0 Å². The van der Waals surface area contributed by atoms with Gasteiger partial charge >= 0.3 is 0 Å². The minimum absolute atomic E-state index is 0.483. The Morgan fingerprint density at radius 2 is 1.96 bits per heavy atom. The summed E-state index contributed by atoms with van der Waals surface area (Å²) < 4.78 is 7.20. The Labute approximate surface area is 135 Å². The number of nitrogens with zero attached hydrogens (tertiary/aromatic N) is 3. The molecule has 0 aliphatic carbocycles. The van der Waals surface area contributed by atoms with E-state index in [1.54, 1.807) is 17.1 Å². The molecule has 0 aliphatic rings. The van der Waals surface area contributed by atoms with Gasteiger partial charge in [0.2, 0.25) is 0 Å². The third-order valence-electron chi connectivity index (χ3n) is 3.63. The predicted octanol–water partition coefficient (Wildman–Crippen LogP) is 2.54.